The van der Waals surface area contributed by atoms with Gasteiger partial charge in [-0.3, -0.25) is 10.1 Å². The van der Waals surface area contributed by atoms with E-state index in [1.807, 2.05) is 30.3 Å². The average molecular weight is 741 g/mol. The second-order valence-electron chi connectivity index (χ2n) is 14.3. The fourth-order valence-corrected chi connectivity index (χ4v) is 5.49. The molecular formula is C36H52N6O9Si. The second-order valence-corrected chi connectivity index (χ2v) is 19.9. The largest absolute Gasteiger partial charge is 0.481 e. The van der Waals surface area contributed by atoms with Crippen molar-refractivity contribution < 1.29 is 43.2 Å². The Morgan fingerprint density at radius 3 is 2.35 bits per heavy atom. The number of amides is 3. The van der Waals surface area contributed by atoms with Gasteiger partial charge in [-0.1, -0.05) is 50.0 Å². The van der Waals surface area contributed by atoms with E-state index in [-0.39, 0.29) is 19.0 Å². The number of aromatic nitrogens is 2. The Hall–Kier alpha value is -5.09. The van der Waals surface area contributed by atoms with Crippen molar-refractivity contribution in [3.8, 4) is 11.3 Å². The van der Waals surface area contributed by atoms with Crippen LogP contribution in [-0.2, 0) is 37.0 Å². The molecule has 16 heteroatoms. The van der Waals surface area contributed by atoms with Crippen LogP contribution in [0, 0.1) is 0 Å². The number of imidazole rings is 1. The minimum Gasteiger partial charge on any atom is -0.481 e. The number of benzene rings is 2. The van der Waals surface area contributed by atoms with Crippen LogP contribution in [0.3, 0.4) is 0 Å². The number of carbonyl (C=O) groups is 4. The first-order valence-corrected chi connectivity index (χ1v) is 20.8. The molecule has 0 aliphatic rings. The van der Waals surface area contributed by atoms with Crippen LogP contribution in [0.4, 0.5) is 25.8 Å². The number of alkyl carbamates (subject to hydrolysis) is 2. The van der Waals surface area contributed by atoms with E-state index < -0.39 is 50.4 Å². The lowest BCUT2D eigenvalue weighted by Crippen LogP contribution is -2.36. The monoisotopic (exact) mass is 740 g/mol. The molecule has 284 valence electrons. The minimum atomic E-state index is -1.39. The molecule has 3 aromatic rings. The van der Waals surface area contributed by atoms with E-state index in [0.29, 0.717) is 54.4 Å². The zero-order valence-corrected chi connectivity index (χ0v) is 32.0. The lowest BCUT2D eigenvalue weighted by atomic mass is 10.1. The van der Waals surface area contributed by atoms with E-state index in [1.165, 1.54) is 7.11 Å². The number of carboxylic acids is 1. The van der Waals surface area contributed by atoms with Gasteiger partial charge in [-0.15, -0.1) is 0 Å². The molecule has 6 N–H and O–H groups in total. The van der Waals surface area contributed by atoms with Gasteiger partial charge >= 0.3 is 24.2 Å². The molecule has 3 amide bonds. The van der Waals surface area contributed by atoms with Gasteiger partial charge in [0.1, 0.15) is 24.1 Å². The molecule has 3 rings (SSSR count). The van der Waals surface area contributed by atoms with Gasteiger partial charge in [0.15, 0.2) is 0 Å². The minimum absolute atomic E-state index is 0.135. The summed E-state index contributed by atoms with van der Waals surface area (Å²) in [5.74, 6) is -0.946. The van der Waals surface area contributed by atoms with Crippen LogP contribution >= 0.6 is 0 Å². The molecule has 2 aromatic carbocycles. The van der Waals surface area contributed by atoms with Gasteiger partial charge in [-0.2, -0.15) is 0 Å². The molecule has 1 heterocycles. The van der Waals surface area contributed by atoms with Gasteiger partial charge in [0.25, 0.3) is 0 Å². The van der Waals surface area contributed by atoms with Gasteiger partial charge in [0.05, 0.1) is 31.5 Å². The Morgan fingerprint density at radius 2 is 1.69 bits per heavy atom. The summed E-state index contributed by atoms with van der Waals surface area (Å²) in [6.45, 7) is 13.4. The molecule has 0 saturated heterocycles. The van der Waals surface area contributed by atoms with Crippen molar-refractivity contribution in [3.05, 3.63) is 65.6 Å². The first-order chi connectivity index (χ1) is 24.5. The number of methoxy groups -OCH3 is 1. The average Bonchev–Trinajstić information content (AvgIpc) is 3.48. The van der Waals surface area contributed by atoms with E-state index in [1.54, 1.807) is 39.0 Å². The summed E-state index contributed by atoms with van der Waals surface area (Å²) < 4.78 is 21.5. The third-order valence-corrected chi connectivity index (χ3v) is 9.00. The predicted octanol–water partition coefficient (Wildman–Crippen LogP) is 6.88. The van der Waals surface area contributed by atoms with Crippen molar-refractivity contribution in [3.63, 3.8) is 0 Å². The Labute approximate surface area is 305 Å². The number of aromatic amines is 1. The van der Waals surface area contributed by atoms with Crippen LogP contribution in [0.1, 0.15) is 56.7 Å². The number of nitrogens with zero attached hydrogens (tertiary/aromatic N) is 1. The summed E-state index contributed by atoms with van der Waals surface area (Å²) in [7, 11) is -0.127. The third-order valence-electron chi connectivity index (χ3n) is 7.30. The SMILES string of the molecule is COC(=O)Nc1ccc(-c2nc(C(CC(=O)O)NC(=O)OC(C)(C)C)[nH]c2COCC[Si](C)(C)C)c(NCCCNC(=O)OCc2ccccc2)c1. The van der Waals surface area contributed by atoms with E-state index in [9.17, 15) is 24.3 Å². The van der Waals surface area contributed by atoms with Crippen molar-refractivity contribution >= 4 is 43.7 Å². The number of hydrogen-bond donors (Lipinski definition) is 6. The van der Waals surface area contributed by atoms with Crippen LogP contribution < -0.4 is 21.3 Å². The fourth-order valence-electron chi connectivity index (χ4n) is 4.73. The maximum absolute atomic E-state index is 12.7. The van der Waals surface area contributed by atoms with E-state index in [2.05, 4.69) is 45.9 Å². The van der Waals surface area contributed by atoms with E-state index in [4.69, 9.17) is 23.9 Å². The van der Waals surface area contributed by atoms with Crippen LogP contribution in [0.25, 0.3) is 11.3 Å². The summed E-state index contributed by atoms with van der Waals surface area (Å²) in [6.07, 6.45) is -1.92. The molecule has 0 aliphatic heterocycles. The number of hydrogen-bond acceptors (Lipinski definition) is 10. The number of carboxylic acid groups (broad SMARTS) is 1. The summed E-state index contributed by atoms with van der Waals surface area (Å²) in [6, 6.07) is 14.4. The maximum atomic E-state index is 12.7. The molecule has 0 spiro atoms. The van der Waals surface area contributed by atoms with Gasteiger partial charge < -0.3 is 45.0 Å². The third kappa shape index (κ3) is 15.0. The van der Waals surface area contributed by atoms with Crippen LogP contribution in [0.2, 0.25) is 25.7 Å². The summed E-state index contributed by atoms with van der Waals surface area (Å²) in [5.41, 5.74) is 2.73. The zero-order chi connectivity index (χ0) is 38.3. The highest BCUT2D eigenvalue weighted by Crippen LogP contribution is 2.34. The number of rotatable bonds is 18. The van der Waals surface area contributed by atoms with Crippen LogP contribution in [0.15, 0.2) is 48.5 Å². The van der Waals surface area contributed by atoms with Crippen molar-refractivity contribution in [1.29, 1.82) is 0 Å². The van der Waals surface area contributed by atoms with Crippen LogP contribution in [0.5, 0.6) is 0 Å². The highest BCUT2D eigenvalue weighted by molar-refractivity contribution is 6.76. The second kappa shape index (κ2) is 19.5. The number of nitrogens with one attached hydrogen (secondary N) is 5. The molecule has 1 unspecified atom stereocenters. The molecule has 0 radical (unpaired) electrons. The summed E-state index contributed by atoms with van der Waals surface area (Å²) in [5, 5.41) is 21.1. The number of carbonyl (C=O) groups excluding carboxylic acids is 3. The highest BCUT2D eigenvalue weighted by Gasteiger charge is 2.27. The highest BCUT2D eigenvalue weighted by atomic mass is 28.3. The normalized spacial score (nSPS) is 12.0. The Balaban J connectivity index is 1.88. The fraction of sp³-hybridized carbons (Fsp3) is 0.472. The Morgan fingerprint density at radius 1 is 0.962 bits per heavy atom. The maximum Gasteiger partial charge on any atom is 0.411 e. The number of ether oxygens (including phenoxy) is 4. The Kier molecular flexibility index (Phi) is 15.5. The summed E-state index contributed by atoms with van der Waals surface area (Å²) in [4.78, 5) is 56.9. The van der Waals surface area contributed by atoms with Gasteiger partial charge in [0.2, 0.25) is 0 Å². The van der Waals surface area contributed by atoms with Crippen molar-refractivity contribution in [1.82, 2.24) is 20.6 Å². The van der Waals surface area contributed by atoms with E-state index >= 15 is 0 Å². The zero-order valence-electron chi connectivity index (χ0n) is 31.0. The molecule has 1 atom stereocenters. The lowest BCUT2D eigenvalue weighted by molar-refractivity contribution is -0.137. The van der Waals surface area contributed by atoms with Gasteiger partial charge in [-0.05, 0) is 57.0 Å². The lowest BCUT2D eigenvalue weighted by Gasteiger charge is -2.22. The first-order valence-electron chi connectivity index (χ1n) is 17.1. The smallest absolute Gasteiger partial charge is 0.411 e. The predicted molar refractivity (Wildman–Crippen MR) is 200 cm³/mol. The van der Waals surface area contributed by atoms with E-state index in [0.717, 1.165) is 11.6 Å². The molecule has 0 fully saturated rings. The molecular weight excluding hydrogens is 689 g/mol. The topological polar surface area (TPSA) is 202 Å². The molecule has 52 heavy (non-hydrogen) atoms. The van der Waals surface area contributed by atoms with Crippen molar-refractivity contribution in [2.24, 2.45) is 0 Å². The molecule has 1 aromatic heterocycles. The first kappa shape index (κ1) is 41.3. The number of aliphatic carboxylic acids is 1. The van der Waals surface area contributed by atoms with Crippen LogP contribution in [-0.4, -0.2) is 79.8 Å². The van der Waals surface area contributed by atoms with Crippen molar-refractivity contribution in [2.45, 2.75) is 84.2 Å². The Bertz CT molecular complexity index is 1640. The van der Waals surface area contributed by atoms with Gasteiger partial charge in [-0.25, -0.2) is 19.4 Å². The molecule has 0 saturated carbocycles. The van der Waals surface area contributed by atoms with Crippen molar-refractivity contribution in [2.75, 3.05) is 37.4 Å². The molecule has 0 aliphatic carbocycles. The number of anilines is 2. The quantitative estimate of drug-likeness (QED) is 0.0451. The molecule has 0 bridgehead atoms. The number of H-pyrrole nitrogens is 1. The standard InChI is InChI=1S/C36H52N6O9Si/c1-36(2,3)51-35(47)41-28(21-30(43)44)32-40-29(23-49-18-19-52(5,6)7)31(42-32)26-15-14-25(39-34(46)48-4)20-27(26)37-16-11-17-38-33(45)50-22-24-12-9-8-10-13-24/h8-10,12-15,20,28,37H,11,16-19,21-23H2,1-7H3,(H,38,45)(H,39,46)(H,40,42)(H,41,47)(H,43,44). The molecule has 15 nitrogen and oxygen atoms in total. The summed E-state index contributed by atoms with van der Waals surface area (Å²) >= 11 is 0. The van der Waals surface area contributed by atoms with Gasteiger partial charge in [0, 0.05) is 44.7 Å².